The minimum absolute atomic E-state index is 0.184. The molecule has 1 N–H and O–H groups in total. The van der Waals surface area contributed by atoms with E-state index in [4.69, 9.17) is 0 Å². The van der Waals surface area contributed by atoms with Crippen molar-refractivity contribution in [3.8, 4) is 0 Å². The number of nitrogens with zero attached hydrogens (tertiary/aromatic N) is 2. The second-order valence-electron chi connectivity index (χ2n) is 7.90. The fourth-order valence-corrected chi connectivity index (χ4v) is 4.17. The van der Waals surface area contributed by atoms with Gasteiger partial charge in [-0.1, -0.05) is 24.1 Å². The molecule has 1 aromatic carbocycles. The molecule has 25 heavy (non-hydrogen) atoms. The standard InChI is InChI=1S/C21H33N3O/c1-16-12-19(14-23-10-7-21(25)22-8-11-23)18(3)20(13-16)15-24-9-5-4-6-17(24)2/h12-13,17H,4-11,14-15H2,1-3H3,(H,22,25)/t17-/m0/s1. The molecule has 0 spiro atoms. The maximum absolute atomic E-state index is 11.6. The first kappa shape index (κ1) is 18.4. The molecular weight excluding hydrogens is 310 g/mol. The molecule has 1 amide bonds. The van der Waals surface area contributed by atoms with E-state index in [1.165, 1.54) is 48.1 Å². The fourth-order valence-electron chi connectivity index (χ4n) is 4.17. The summed E-state index contributed by atoms with van der Waals surface area (Å²) in [5, 5.41) is 2.97. The summed E-state index contributed by atoms with van der Waals surface area (Å²) in [6.45, 7) is 12.7. The molecule has 0 bridgehead atoms. The normalized spacial score (nSPS) is 23.3. The van der Waals surface area contributed by atoms with E-state index in [1.54, 1.807) is 0 Å². The number of hydrogen-bond donors (Lipinski definition) is 1. The Morgan fingerprint density at radius 1 is 1.08 bits per heavy atom. The van der Waals surface area contributed by atoms with E-state index in [-0.39, 0.29) is 5.91 Å². The number of carbonyl (C=O) groups is 1. The lowest BCUT2D eigenvalue weighted by atomic mass is 9.96. The highest BCUT2D eigenvalue weighted by Gasteiger charge is 2.20. The third-order valence-electron chi connectivity index (χ3n) is 5.88. The van der Waals surface area contributed by atoms with Gasteiger partial charge in [-0.15, -0.1) is 0 Å². The van der Waals surface area contributed by atoms with Gasteiger partial charge in [0.1, 0.15) is 0 Å². The van der Waals surface area contributed by atoms with Gasteiger partial charge in [-0.05, 0) is 56.8 Å². The van der Waals surface area contributed by atoms with Gasteiger partial charge < -0.3 is 5.32 Å². The number of hydrogen-bond acceptors (Lipinski definition) is 3. The maximum Gasteiger partial charge on any atom is 0.221 e. The van der Waals surface area contributed by atoms with Gasteiger partial charge in [-0.3, -0.25) is 14.6 Å². The van der Waals surface area contributed by atoms with E-state index in [1.807, 2.05) is 0 Å². The van der Waals surface area contributed by atoms with Crippen molar-refractivity contribution in [2.45, 2.75) is 65.6 Å². The summed E-state index contributed by atoms with van der Waals surface area (Å²) < 4.78 is 0. The monoisotopic (exact) mass is 343 g/mol. The molecule has 3 rings (SSSR count). The Balaban J connectivity index is 1.73. The summed E-state index contributed by atoms with van der Waals surface area (Å²) in [7, 11) is 0. The van der Waals surface area contributed by atoms with Gasteiger partial charge in [-0.2, -0.15) is 0 Å². The summed E-state index contributed by atoms with van der Waals surface area (Å²) in [4.78, 5) is 16.6. The smallest absolute Gasteiger partial charge is 0.221 e. The van der Waals surface area contributed by atoms with Gasteiger partial charge in [0.25, 0.3) is 0 Å². The lowest BCUT2D eigenvalue weighted by molar-refractivity contribution is -0.120. The zero-order valence-electron chi connectivity index (χ0n) is 16.1. The molecule has 1 atom stereocenters. The highest BCUT2D eigenvalue weighted by molar-refractivity contribution is 5.76. The maximum atomic E-state index is 11.6. The number of carbonyl (C=O) groups excluding carboxylic acids is 1. The molecule has 1 aromatic rings. The lowest BCUT2D eigenvalue weighted by Crippen LogP contribution is -2.37. The quantitative estimate of drug-likeness (QED) is 0.913. The molecule has 0 radical (unpaired) electrons. The van der Waals surface area contributed by atoms with E-state index in [9.17, 15) is 4.79 Å². The Hall–Kier alpha value is -1.39. The fraction of sp³-hybridized carbons (Fsp3) is 0.667. The molecule has 4 heteroatoms. The molecule has 2 aliphatic rings. The van der Waals surface area contributed by atoms with Crippen LogP contribution in [0.1, 0.15) is 54.9 Å². The van der Waals surface area contributed by atoms with Crippen molar-refractivity contribution < 1.29 is 4.79 Å². The first-order valence-electron chi connectivity index (χ1n) is 9.85. The zero-order chi connectivity index (χ0) is 17.8. The second-order valence-corrected chi connectivity index (χ2v) is 7.90. The van der Waals surface area contributed by atoms with Crippen LogP contribution in [0.3, 0.4) is 0 Å². The van der Waals surface area contributed by atoms with Crippen LogP contribution in [-0.2, 0) is 17.9 Å². The predicted molar refractivity (Wildman–Crippen MR) is 103 cm³/mol. The van der Waals surface area contributed by atoms with Crippen LogP contribution in [-0.4, -0.2) is 47.9 Å². The Kier molecular flexibility index (Phi) is 6.13. The van der Waals surface area contributed by atoms with Crippen LogP contribution in [0.2, 0.25) is 0 Å². The van der Waals surface area contributed by atoms with Crippen LogP contribution in [0.5, 0.6) is 0 Å². The third kappa shape index (κ3) is 4.83. The van der Waals surface area contributed by atoms with Gasteiger partial charge in [-0.25, -0.2) is 0 Å². The Morgan fingerprint density at radius 2 is 1.84 bits per heavy atom. The van der Waals surface area contributed by atoms with Crippen LogP contribution in [0.4, 0.5) is 0 Å². The number of piperidine rings is 1. The molecule has 0 aliphatic carbocycles. The van der Waals surface area contributed by atoms with Crippen molar-refractivity contribution in [2.24, 2.45) is 0 Å². The van der Waals surface area contributed by atoms with Gasteiger partial charge in [0.2, 0.25) is 5.91 Å². The molecule has 2 heterocycles. The number of likely N-dealkylation sites (tertiary alicyclic amines) is 1. The molecule has 0 unspecified atom stereocenters. The van der Waals surface area contributed by atoms with Gasteiger partial charge in [0.05, 0.1) is 0 Å². The number of aryl methyl sites for hydroxylation is 1. The van der Waals surface area contributed by atoms with Crippen LogP contribution in [0.15, 0.2) is 12.1 Å². The average Bonchev–Trinajstić information content (AvgIpc) is 2.78. The zero-order valence-corrected chi connectivity index (χ0v) is 16.1. The van der Waals surface area contributed by atoms with E-state index in [0.717, 1.165) is 32.7 Å². The van der Waals surface area contributed by atoms with Crippen LogP contribution in [0, 0.1) is 13.8 Å². The Labute approximate surface area is 152 Å². The van der Waals surface area contributed by atoms with E-state index < -0.39 is 0 Å². The van der Waals surface area contributed by atoms with Crippen molar-refractivity contribution in [2.75, 3.05) is 26.2 Å². The minimum Gasteiger partial charge on any atom is -0.355 e. The first-order valence-corrected chi connectivity index (χ1v) is 9.85. The molecule has 138 valence electrons. The Bertz CT molecular complexity index is 613. The van der Waals surface area contributed by atoms with E-state index in [0.29, 0.717) is 12.5 Å². The molecule has 0 saturated carbocycles. The Morgan fingerprint density at radius 3 is 2.60 bits per heavy atom. The summed E-state index contributed by atoms with van der Waals surface area (Å²) in [6, 6.07) is 5.39. The molecule has 2 saturated heterocycles. The van der Waals surface area contributed by atoms with Crippen LogP contribution < -0.4 is 5.32 Å². The van der Waals surface area contributed by atoms with Crippen molar-refractivity contribution in [3.63, 3.8) is 0 Å². The summed E-state index contributed by atoms with van der Waals surface area (Å²) in [5.41, 5.74) is 5.69. The van der Waals surface area contributed by atoms with Gasteiger partial charge >= 0.3 is 0 Å². The summed E-state index contributed by atoms with van der Waals surface area (Å²) in [5.74, 6) is 0.184. The molecule has 0 aromatic heterocycles. The molecular formula is C21H33N3O. The number of rotatable bonds is 4. The molecule has 2 fully saturated rings. The summed E-state index contributed by atoms with van der Waals surface area (Å²) in [6.07, 6.45) is 4.64. The summed E-state index contributed by atoms with van der Waals surface area (Å²) >= 11 is 0. The van der Waals surface area contributed by atoms with E-state index in [2.05, 4.69) is 48.0 Å². The second kappa shape index (κ2) is 8.33. The van der Waals surface area contributed by atoms with Crippen LogP contribution in [0.25, 0.3) is 0 Å². The average molecular weight is 344 g/mol. The van der Waals surface area contributed by atoms with E-state index >= 15 is 0 Å². The van der Waals surface area contributed by atoms with Crippen molar-refractivity contribution in [3.05, 3.63) is 34.4 Å². The number of amides is 1. The van der Waals surface area contributed by atoms with Crippen molar-refractivity contribution in [1.82, 2.24) is 15.1 Å². The highest BCUT2D eigenvalue weighted by Crippen LogP contribution is 2.24. The predicted octanol–water partition coefficient (Wildman–Crippen LogP) is 3.00. The largest absolute Gasteiger partial charge is 0.355 e. The van der Waals surface area contributed by atoms with Crippen molar-refractivity contribution in [1.29, 1.82) is 0 Å². The van der Waals surface area contributed by atoms with Crippen molar-refractivity contribution >= 4 is 5.91 Å². The van der Waals surface area contributed by atoms with Crippen LogP contribution >= 0.6 is 0 Å². The lowest BCUT2D eigenvalue weighted by Gasteiger charge is -2.34. The SMILES string of the molecule is Cc1cc(CN2CCNC(=O)CC2)c(C)c(CN2CCCC[C@@H]2C)c1. The third-order valence-corrected chi connectivity index (χ3v) is 5.88. The number of nitrogens with one attached hydrogen (secondary N) is 1. The molecule has 2 aliphatic heterocycles. The highest BCUT2D eigenvalue weighted by atomic mass is 16.1. The van der Waals surface area contributed by atoms with Gasteiger partial charge in [0, 0.05) is 45.2 Å². The topological polar surface area (TPSA) is 35.6 Å². The minimum atomic E-state index is 0.184. The number of benzene rings is 1. The first-order chi connectivity index (χ1) is 12.0. The van der Waals surface area contributed by atoms with Gasteiger partial charge in [0.15, 0.2) is 0 Å². The molecule has 4 nitrogen and oxygen atoms in total.